The molecule has 1 heterocycles. The fourth-order valence-electron chi connectivity index (χ4n) is 2.30. The lowest BCUT2D eigenvalue weighted by atomic mass is 9.85. The van der Waals surface area contributed by atoms with Gasteiger partial charge < -0.3 is 4.74 Å². The fraction of sp³-hybridized carbons (Fsp3) is 1.00. The van der Waals surface area contributed by atoms with E-state index in [1.165, 1.54) is 0 Å². The molecule has 0 aromatic carbocycles. The maximum Gasteiger partial charge on any atom is 0.460 e. The lowest BCUT2D eigenvalue weighted by molar-refractivity contribution is -0.440. The molecule has 0 aromatic heterocycles. The molecule has 162 valence electrons. The van der Waals surface area contributed by atoms with E-state index in [2.05, 4.69) is 4.74 Å². The van der Waals surface area contributed by atoms with Gasteiger partial charge in [0.1, 0.15) is 0 Å². The molecule has 0 spiro atoms. The molecule has 1 aliphatic heterocycles. The first-order chi connectivity index (χ1) is 11.8. The van der Waals surface area contributed by atoms with Crippen LogP contribution in [0.4, 0.5) is 57.1 Å². The molecule has 1 nitrogen and oxygen atoms in total. The average molecular weight is 544 g/mol. The molecule has 0 N–H and O–H groups in total. The zero-order valence-corrected chi connectivity index (χ0v) is 14.8. The third-order valence-corrected chi connectivity index (χ3v) is 5.18. The highest BCUT2D eigenvalue weighted by Gasteiger charge is 2.90. The van der Waals surface area contributed by atoms with Crippen LogP contribution in [0.1, 0.15) is 6.42 Å². The Balaban J connectivity index is 3.29. The molecule has 0 aliphatic carbocycles. The van der Waals surface area contributed by atoms with Gasteiger partial charge in [0.05, 0.1) is 6.61 Å². The largest absolute Gasteiger partial charge is 0.460 e. The normalized spacial score (nSPS) is 23.8. The molecular formula is C12H10F13IO. The van der Waals surface area contributed by atoms with Crippen molar-refractivity contribution in [2.45, 2.75) is 42.2 Å². The van der Waals surface area contributed by atoms with Crippen molar-refractivity contribution < 1.29 is 61.8 Å². The molecule has 1 saturated heterocycles. The van der Waals surface area contributed by atoms with E-state index in [9.17, 15) is 57.1 Å². The van der Waals surface area contributed by atoms with Crippen LogP contribution in [0.5, 0.6) is 0 Å². The fourth-order valence-corrected chi connectivity index (χ4v) is 3.27. The Morgan fingerprint density at radius 1 is 0.630 bits per heavy atom. The second kappa shape index (κ2) is 7.23. The van der Waals surface area contributed by atoms with E-state index in [0.29, 0.717) is 0 Å². The van der Waals surface area contributed by atoms with Crippen molar-refractivity contribution in [3.05, 3.63) is 0 Å². The van der Waals surface area contributed by atoms with Crippen LogP contribution in [-0.4, -0.2) is 53.4 Å². The van der Waals surface area contributed by atoms with Gasteiger partial charge in [0, 0.05) is 17.5 Å². The van der Waals surface area contributed by atoms with Crippen LogP contribution in [0.2, 0.25) is 0 Å². The second-order valence-electron chi connectivity index (χ2n) is 5.92. The zero-order valence-electron chi connectivity index (χ0n) is 12.7. The summed E-state index contributed by atoms with van der Waals surface area (Å²) in [5.41, 5.74) is 0. The highest BCUT2D eigenvalue weighted by Crippen LogP contribution is 2.61. The van der Waals surface area contributed by atoms with E-state index in [0.717, 1.165) is 0 Å². The van der Waals surface area contributed by atoms with Crippen molar-refractivity contribution in [3.8, 4) is 0 Å². The summed E-state index contributed by atoms with van der Waals surface area (Å²) in [6, 6.07) is 0. The third kappa shape index (κ3) is 3.82. The standard InChI is InChI=1S/C12H10F13IO/c13-7(14,1-5-3-27-4-6(5)2-26)8(15,16)9(17,18)10(19,20)11(21,22)12(23,24)25/h5-6H,1-4H2. The minimum absolute atomic E-state index is 0.0305. The summed E-state index contributed by atoms with van der Waals surface area (Å²) in [5, 5.41) is 0. The molecule has 0 amide bonds. The maximum atomic E-state index is 13.7. The minimum Gasteiger partial charge on any atom is -0.381 e. The Morgan fingerprint density at radius 2 is 1.04 bits per heavy atom. The van der Waals surface area contributed by atoms with Crippen LogP contribution in [0, 0.1) is 11.8 Å². The lowest BCUT2D eigenvalue weighted by Crippen LogP contribution is -2.70. The van der Waals surface area contributed by atoms with E-state index < -0.39 is 60.7 Å². The van der Waals surface area contributed by atoms with Crippen molar-refractivity contribution >= 4 is 22.6 Å². The SMILES string of the molecule is FC(F)(F)C(F)(F)C(F)(F)C(F)(F)C(F)(F)C(F)(F)CC1COCC1CI. The van der Waals surface area contributed by atoms with Gasteiger partial charge in [0.25, 0.3) is 0 Å². The quantitative estimate of drug-likeness (QED) is 0.224. The maximum absolute atomic E-state index is 13.7. The van der Waals surface area contributed by atoms with Gasteiger partial charge in [-0.3, -0.25) is 0 Å². The van der Waals surface area contributed by atoms with Crippen LogP contribution in [0.25, 0.3) is 0 Å². The number of alkyl halides is 14. The summed E-state index contributed by atoms with van der Waals surface area (Å²) in [4.78, 5) is 0. The molecule has 1 aliphatic rings. The molecular weight excluding hydrogens is 534 g/mol. The highest BCUT2D eigenvalue weighted by atomic mass is 127. The van der Waals surface area contributed by atoms with Crippen molar-refractivity contribution in [2.75, 3.05) is 17.6 Å². The van der Waals surface area contributed by atoms with Crippen molar-refractivity contribution in [1.29, 1.82) is 0 Å². The lowest BCUT2D eigenvalue weighted by Gasteiger charge is -2.40. The van der Waals surface area contributed by atoms with Crippen LogP contribution in [0.3, 0.4) is 0 Å². The molecule has 2 atom stereocenters. The Hall–Kier alpha value is -0.220. The number of hydrogen-bond donors (Lipinski definition) is 0. The van der Waals surface area contributed by atoms with E-state index in [1.807, 2.05) is 0 Å². The molecule has 2 unspecified atom stereocenters. The van der Waals surface area contributed by atoms with E-state index in [4.69, 9.17) is 0 Å². The smallest absolute Gasteiger partial charge is 0.381 e. The monoisotopic (exact) mass is 544 g/mol. The van der Waals surface area contributed by atoms with E-state index >= 15 is 0 Å². The number of ether oxygens (including phenoxy) is 1. The number of halogens is 14. The van der Waals surface area contributed by atoms with Crippen molar-refractivity contribution in [3.63, 3.8) is 0 Å². The van der Waals surface area contributed by atoms with E-state index in [-0.39, 0.29) is 11.0 Å². The number of hydrogen-bond acceptors (Lipinski definition) is 1. The van der Waals surface area contributed by atoms with Gasteiger partial charge in [-0.15, -0.1) is 0 Å². The van der Waals surface area contributed by atoms with Gasteiger partial charge in [0.15, 0.2) is 0 Å². The third-order valence-electron chi connectivity index (χ3n) is 4.05. The predicted molar refractivity (Wildman–Crippen MR) is 72.1 cm³/mol. The number of rotatable bonds is 7. The van der Waals surface area contributed by atoms with Gasteiger partial charge in [-0.2, -0.15) is 57.1 Å². The highest BCUT2D eigenvalue weighted by molar-refractivity contribution is 14.1. The van der Waals surface area contributed by atoms with Crippen LogP contribution in [0.15, 0.2) is 0 Å². The van der Waals surface area contributed by atoms with Crippen LogP contribution in [-0.2, 0) is 4.74 Å². The summed E-state index contributed by atoms with van der Waals surface area (Å²) < 4.78 is 173. The van der Waals surface area contributed by atoms with Gasteiger partial charge in [-0.1, -0.05) is 22.6 Å². The summed E-state index contributed by atoms with van der Waals surface area (Å²) in [7, 11) is 0. The van der Waals surface area contributed by atoms with Gasteiger partial charge in [-0.25, -0.2) is 0 Å². The summed E-state index contributed by atoms with van der Waals surface area (Å²) in [6.07, 6.45) is -9.56. The summed E-state index contributed by atoms with van der Waals surface area (Å²) in [5.74, 6) is -38.9. The summed E-state index contributed by atoms with van der Waals surface area (Å²) in [6.45, 7) is -0.853. The Kier molecular flexibility index (Phi) is 6.65. The predicted octanol–water partition coefficient (Wildman–Crippen LogP) is 5.81. The van der Waals surface area contributed by atoms with Gasteiger partial charge >= 0.3 is 35.8 Å². The van der Waals surface area contributed by atoms with Gasteiger partial charge in [-0.05, 0) is 11.8 Å². The molecule has 0 radical (unpaired) electrons. The molecule has 15 heteroatoms. The molecule has 1 rings (SSSR count). The first-order valence-corrected chi connectivity index (χ1v) is 8.40. The minimum atomic E-state index is -7.85. The van der Waals surface area contributed by atoms with Crippen LogP contribution < -0.4 is 0 Å². The van der Waals surface area contributed by atoms with Crippen LogP contribution >= 0.6 is 22.6 Å². The Morgan fingerprint density at radius 3 is 1.44 bits per heavy atom. The molecule has 1 fully saturated rings. The molecule has 27 heavy (non-hydrogen) atoms. The van der Waals surface area contributed by atoms with Crippen molar-refractivity contribution in [2.24, 2.45) is 11.8 Å². The van der Waals surface area contributed by atoms with E-state index in [1.54, 1.807) is 22.6 Å². The zero-order chi connectivity index (χ0) is 21.7. The molecule has 0 aromatic rings. The molecule has 0 saturated carbocycles. The first kappa shape index (κ1) is 24.8. The topological polar surface area (TPSA) is 9.23 Å². The second-order valence-corrected chi connectivity index (χ2v) is 6.80. The Bertz CT molecular complexity index is 530. The van der Waals surface area contributed by atoms with Gasteiger partial charge in [0.2, 0.25) is 0 Å². The molecule has 0 bridgehead atoms. The summed E-state index contributed by atoms with van der Waals surface area (Å²) >= 11 is 1.62. The Labute approximate surface area is 156 Å². The average Bonchev–Trinajstić information content (AvgIpc) is 2.91. The van der Waals surface area contributed by atoms with Crippen molar-refractivity contribution in [1.82, 2.24) is 0 Å². The first-order valence-electron chi connectivity index (χ1n) is 6.87.